The molecule has 0 aliphatic carbocycles. The molecule has 2 aromatic heterocycles. The number of hydrogen-bond acceptors (Lipinski definition) is 7. The van der Waals surface area contributed by atoms with Crippen LogP contribution in [-0.4, -0.2) is 63.7 Å². The highest BCUT2D eigenvalue weighted by Crippen LogP contribution is 2.30. The molecule has 1 aliphatic heterocycles. The lowest BCUT2D eigenvalue weighted by Crippen LogP contribution is -2.36. The molecule has 4 aromatic rings. The highest BCUT2D eigenvalue weighted by Gasteiger charge is 2.19. The summed E-state index contributed by atoms with van der Waals surface area (Å²) in [5, 5.41) is 10.5. The fourth-order valence-corrected chi connectivity index (χ4v) is 4.67. The van der Waals surface area contributed by atoms with Crippen LogP contribution in [0.4, 0.5) is 5.82 Å². The highest BCUT2D eigenvalue weighted by atomic mass is 16.5. The summed E-state index contributed by atoms with van der Waals surface area (Å²) in [6, 6.07) is 17.6. The second-order valence-corrected chi connectivity index (χ2v) is 9.71. The third-order valence-corrected chi connectivity index (χ3v) is 6.43. The molecule has 3 heterocycles. The van der Waals surface area contributed by atoms with Crippen molar-refractivity contribution in [3.8, 4) is 17.0 Å². The van der Waals surface area contributed by atoms with E-state index in [-0.39, 0.29) is 11.8 Å². The van der Waals surface area contributed by atoms with E-state index in [1.165, 1.54) is 12.3 Å². The summed E-state index contributed by atoms with van der Waals surface area (Å²) >= 11 is 0. The molecule has 2 aromatic carbocycles. The molecule has 190 valence electrons. The molecule has 1 fully saturated rings. The second kappa shape index (κ2) is 10.9. The summed E-state index contributed by atoms with van der Waals surface area (Å²) in [5.74, 6) is 1.03. The molecule has 8 heteroatoms. The molecule has 0 bridgehead atoms. The molecule has 37 heavy (non-hydrogen) atoms. The van der Waals surface area contributed by atoms with Crippen molar-refractivity contribution in [3.63, 3.8) is 0 Å². The largest absolute Gasteiger partial charge is 0.493 e. The SMILES string of the molecule is CC(C)CN(Cc1cccc(-c2ccc3ncnc(N4CCOCC4)c3c2)c1)C(=O)c1ccc(O)nc1. The van der Waals surface area contributed by atoms with Crippen molar-refractivity contribution >= 4 is 22.6 Å². The van der Waals surface area contributed by atoms with Gasteiger partial charge in [-0.2, -0.15) is 0 Å². The van der Waals surface area contributed by atoms with Crippen LogP contribution in [-0.2, 0) is 11.3 Å². The van der Waals surface area contributed by atoms with Gasteiger partial charge >= 0.3 is 0 Å². The predicted molar refractivity (Wildman–Crippen MR) is 143 cm³/mol. The lowest BCUT2D eigenvalue weighted by Gasteiger charge is -2.28. The van der Waals surface area contributed by atoms with Gasteiger partial charge in [-0.1, -0.05) is 38.1 Å². The topological polar surface area (TPSA) is 91.7 Å². The van der Waals surface area contributed by atoms with Crippen LogP contribution in [0.2, 0.25) is 0 Å². The van der Waals surface area contributed by atoms with Crippen molar-refractivity contribution in [3.05, 3.63) is 78.2 Å². The molecule has 8 nitrogen and oxygen atoms in total. The van der Waals surface area contributed by atoms with Gasteiger partial charge < -0.3 is 19.6 Å². The van der Waals surface area contributed by atoms with E-state index < -0.39 is 0 Å². The van der Waals surface area contributed by atoms with Crippen molar-refractivity contribution in [2.24, 2.45) is 5.92 Å². The Hall–Kier alpha value is -4.04. The lowest BCUT2D eigenvalue weighted by molar-refractivity contribution is 0.0722. The van der Waals surface area contributed by atoms with Gasteiger partial charge in [-0.3, -0.25) is 4.79 Å². The number of anilines is 1. The van der Waals surface area contributed by atoms with Gasteiger partial charge in [-0.05, 0) is 46.9 Å². The molecule has 1 N–H and O–H groups in total. The van der Waals surface area contributed by atoms with E-state index in [0.717, 1.165) is 46.5 Å². The molecule has 1 aliphatic rings. The Kier molecular flexibility index (Phi) is 7.28. The first kappa shape index (κ1) is 24.6. The molecule has 0 unspecified atom stereocenters. The minimum Gasteiger partial charge on any atom is -0.493 e. The van der Waals surface area contributed by atoms with Gasteiger partial charge in [0.15, 0.2) is 0 Å². The third kappa shape index (κ3) is 5.70. The van der Waals surface area contributed by atoms with Crippen molar-refractivity contribution < 1.29 is 14.6 Å². The molecular formula is C29H31N5O3. The van der Waals surface area contributed by atoms with Crippen LogP contribution in [0.15, 0.2) is 67.1 Å². The smallest absolute Gasteiger partial charge is 0.255 e. The number of rotatable bonds is 7. The van der Waals surface area contributed by atoms with E-state index in [1.54, 1.807) is 12.4 Å². The molecular weight excluding hydrogens is 466 g/mol. The number of carbonyl (C=O) groups excluding carboxylic acids is 1. The fraction of sp³-hybridized carbons (Fsp3) is 0.310. The Morgan fingerprint density at radius 2 is 1.84 bits per heavy atom. The molecule has 0 saturated carbocycles. The third-order valence-electron chi connectivity index (χ3n) is 6.43. The number of hydrogen-bond donors (Lipinski definition) is 1. The minimum atomic E-state index is -0.107. The summed E-state index contributed by atoms with van der Waals surface area (Å²) in [6.07, 6.45) is 3.04. The highest BCUT2D eigenvalue weighted by molar-refractivity contribution is 5.94. The van der Waals surface area contributed by atoms with Gasteiger partial charge in [0.05, 0.1) is 24.3 Å². The molecule has 5 rings (SSSR count). The number of aromatic hydroxyl groups is 1. The Morgan fingerprint density at radius 3 is 2.59 bits per heavy atom. The van der Waals surface area contributed by atoms with Gasteiger partial charge in [0.1, 0.15) is 12.1 Å². The van der Waals surface area contributed by atoms with Crippen LogP contribution in [0.5, 0.6) is 5.88 Å². The summed E-state index contributed by atoms with van der Waals surface area (Å²) in [5.41, 5.74) is 4.55. The predicted octanol–water partition coefficient (Wildman–Crippen LogP) is 4.53. The van der Waals surface area contributed by atoms with Crippen LogP contribution in [0.3, 0.4) is 0 Å². The maximum absolute atomic E-state index is 13.3. The Morgan fingerprint density at radius 1 is 1.03 bits per heavy atom. The zero-order chi connectivity index (χ0) is 25.8. The maximum atomic E-state index is 13.3. The van der Waals surface area contributed by atoms with Crippen molar-refractivity contribution in [1.29, 1.82) is 0 Å². The number of pyridine rings is 1. The Balaban J connectivity index is 1.44. The molecule has 0 atom stereocenters. The van der Waals surface area contributed by atoms with Gasteiger partial charge in [0.2, 0.25) is 5.88 Å². The minimum absolute atomic E-state index is 0.0998. The van der Waals surface area contributed by atoms with Crippen LogP contribution < -0.4 is 4.90 Å². The van der Waals surface area contributed by atoms with E-state index in [4.69, 9.17) is 4.74 Å². The first-order valence-electron chi connectivity index (χ1n) is 12.6. The van der Waals surface area contributed by atoms with E-state index in [9.17, 15) is 9.90 Å². The second-order valence-electron chi connectivity index (χ2n) is 9.71. The number of amides is 1. The Labute approximate surface area is 216 Å². The summed E-state index contributed by atoms with van der Waals surface area (Å²) in [6.45, 7) is 8.27. The standard InChI is InChI=1S/C29H31N5O3/c1-20(2)17-34(29(36)24-7-9-27(35)30-16-24)18-21-4-3-5-22(14-21)23-6-8-26-25(15-23)28(32-19-31-26)33-10-12-37-13-11-33/h3-9,14-16,19-20H,10-13,17-18H2,1-2H3,(H,30,35). The number of morpholine rings is 1. The molecule has 0 spiro atoms. The maximum Gasteiger partial charge on any atom is 0.255 e. The Bertz CT molecular complexity index is 1380. The van der Waals surface area contributed by atoms with Gasteiger partial charge in [-0.25, -0.2) is 15.0 Å². The number of ether oxygens (including phenoxy) is 1. The first-order chi connectivity index (χ1) is 18.0. The summed E-state index contributed by atoms with van der Waals surface area (Å²) in [4.78, 5) is 30.3. The van der Waals surface area contributed by atoms with Crippen molar-refractivity contribution in [2.75, 3.05) is 37.7 Å². The van der Waals surface area contributed by atoms with Crippen LogP contribution in [0.25, 0.3) is 22.0 Å². The molecule has 0 radical (unpaired) electrons. The zero-order valence-electron chi connectivity index (χ0n) is 21.2. The van der Waals surface area contributed by atoms with E-state index in [1.807, 2.05) is 23.1 Å². The van der Waals surface area contributed by atoms with Crippen LogP contribution >= 0.6 is 0 Å². The van der Waals surface area contributed by atoms with Gasteiger partial charge in [0, 0.05) is 43.8 Å². The van der Waals surface area contributed by atoms with Gasteiger partial charge in [0.25, 0.3) is 5.91 Å². The lowest BCUT2D eigenvalue weighted by atomic mass is 10.0. The van der Waals surface area contributed by atoms with E-state index in [2.05, 4.69) is 58.0 Å². The summed E-state index contributed by atoms with van der Waals surface area (Å²) in [7, 11) is 0. The van der Waals surface area contributed by atoms with Crippen molar-refractivity contribution in [1.82, 2.24) is 19.9 Å². The zero-order valence-corrected chi connectivity index (χ0v) is 21.2. The van der Waals surface area contributed by atoms with Crippen LogP contribution in [0, 0.1) is 5.92 Å². The van der Waals surface area contributed by atoms with Crippen molar-refractivity contribution in [2.45, 2.75) is 20.4 Å². The van der Waals surface area contributed by atoms with E-state index in [0.29, 0.717) is 37.8 Å². The average molecular weight is 498 g/mol. The number of nitrogens with zero attached hydrogens (tertiary/aromatic N) is 5. The molecule has 1 amide bonds. The van der Waals surface area contributed by atoms with E-state index >= 15 is 0 Å². The number of benzene rings is 2. The normalized spacial score (nSPS) is 13.8. The number of fused-ring (bicyclic) bond motifs is 1. The average Bonchev–Trinajstić information content (AvgIpc) is 2.92. The van der Waals surface area contributed by atoms with Gasteiger partial charge in [-0.15, -0.1) is 0 Å². The summed E-state index contributed by atoms with van der Waals surface area (Å²) < 4.78 is 5.52. The number of carbonyl (C=O) groups is 1. The quantitative estimate of drug-likeness (QED) is 0.401. The molecule has 1 saturated heterocycles. The number of aromatic nitrogens is 3. The van der Waals surface area contributed by atoms with Crippen LogP contribution in [0.1, 0.15) is 29.8 Å². The fourth-order valence-electron chi connectivity index (χ4n) is 4.67. The monoisotopic (exact) mass is 497 g/mol. The first-order valence-corrected chi connectivity index (χ1v) is 12.6.